The molecule has 41 heavy (non-hydrogen) atoms. The Morgan fingerprint density at radius 1 is 0.878 bits per heavy atom. The van der Waals surface area contributed by atoms with Gasteiger partial charge in [-0.05, 0) is 54.1 Å². The summed E-state index contributed by atoms with van der Waals surface area (Å²) in [4.78, 5) is 15.6. The summed E-state index contributed by atoms with van der Waals surface area (Å²) in [5, 5.41) is 4.87. The van der Waals surface area contributed by atoms with E-state index in [2.05, 4.69) is 0 Å². The first-order chi connectivity index (χ1) is 20.0. The number of carbonyl (C=O) groups excluding carboxylic acids is 1. The normalized spacial score (nSPS) is 14.2. The Morgan fingerprint density at radius 2 is 1.56 bits per heavy atom. The van der Waals surface area contributed by atoms with E-state index in [-0.39, 0.29) is 18.3 Å². The van der Waals surface area contributed by atoms with Gasteiger partial charge in [0.2, 0.25) is 0 Å². The first-order valence-corrected chi connectivity index (χ1v) is 14.2. The standard InChI is InChI=1S/C33H24FN3O2S2/c34-29-14-8-7-11-25(29)22-39-28-17-15-24(16-18-28)31-26(21-37(35-31)27-12-5-2-6-13-27)19-30-32(38)36(33(40)41-30)20-23-9-3-1-4-10-23/h1-19,21H,20,22H2/b30-19-. The van der Waals surface area contributed by atoms with E-state index in [9.17, 15) is 9.18 Å². The Morgan fingerprint density at radius 3 is 2.29 bits per heavy atom. The van der Waals surface area contributed by atoms with E-state index in [0.29, 0.717) is 32.8 Å². The second-order valence-corrected chi connectivity index (χ2v) is 11.0. The van der Waals surface area contributed by atoms with Gasteiger partial charge < -0.3 is 4.74 Å². The molecule has 0 N–H and O–H groups in total. The number of thioether (sulfide) groups is 1. The highest BCUT2D eigenvalue weighted by Gasteiger charge is 2.32. The van der Waals surface area contributed by atoms with Crippen LogP contribution in [0.1, 0.15) is 16.7 Å². The lowest BCUT2D eigenvalue weighted by atomic mass is 10.1. The zero-order valence-electron chi connectivity index (χ0n) is 21.8. The Labute approximate surface area is 246 Å². The van der Waals surface area contributed by atoms with Gasteiger partial charge in [0, 0.05) is 22.9 Å². The van der Waals surface area contributed by atoms with E-state index in [1.54, 1.807) is 27.8 Å². The topological polar surface area (TPSA) is 47.4 Å². The molecule has 5 aromatic rings. The highest BCUT2D eigenvalue weighted by molar-refractivity contribution is 8.26. The Bertz CT molecular complexity index is 1740. The molecule has 0 aliphatic carbocycles. The molecule has 0 atom stereocenters. The minimum absolute atomic E-state index is 0.126. The molecule has 0 radical (unpaired) electrons. The second kappa shape index (κ2) is 11.9. The van der Waals surface area contributed by atoms with Crippen LogP contribution in [0, 0.1) is 5.82 Å². The average molecular weight is 578 g/mol. The Hall–Kier alpha value is -4.53. The maximum Gasteiger partial charge on any atom is 0.266 e. The molecular weight excluding hydrogens is 554 g/mol. The van der Waals surface area contributed by atoms with Crippen molar-refractivity contribution >= 4 is 40.3 Å². The Kier molecular flexibility index (Phi) is 7.75. The lowest BCUT2D eigenvalue weighted by Gasteiger charge is -2.14. The minimum atomic E-state index is -0.297. The molecule has 202 valence electrons. The van der Waals surface area contributed by atoms with Crippen LogP contribution in [0.2, 0.25) is 0 Å². The van der Waals surface area contributed by atoms with Crippen molar-refractivity contribution in [2.24, 2.45) is 0 Å². The number of halogens is 1. The third kappa shape index (κ3) is 5.99. The largest absolute Gasteiger partial charge is 0.489 e. The fourth-order valence-corrected chi connectivity index (χ4v) is 5.71. The van der Waals surface area contributed by atoms with E-state index in [1.807, 2.05) is 97.2 Å². The molecule has 0 spiro atoms. The van der Waals surface area contributed by atoms with Gasteiger partial charge in [-0.3, -0.25) is 9.69 Å². The molecule has 1 amide bonds. The van der Waals surface area contributed by atoms with Gasteiger partial charge in [-0.1, -0.05) is 90.7 Å². The second-order valence-electron chi connectivity index (χ2n) is 9.37. The number of amides is 1. The van der Waals surface area contributed by atoms with Crippen molar-refractivity contribution in [3.05, 3.63) is 143 Å². The van der Waals surface area contributed by atoms with Gasteiger partial charge in [0.05, 0.1) is 22.8 Å². The average Bonchev–Trinajstić information content (AvgIpc) is 3.54. The lowest BCUT2D eigenvalue weighted by molar-refractivity contribution is -0.122. The van der Waals surface area contributed by atoms with Crippen LogP contribution >= 0.6 is 24.0 Å². The summed E-state index contributed by atoms with van der Waals surface area (Å²) in [6, 6.07) is 33.6. The van der Waals surface area contributed by atoms with Gasteiger partial charge in [-0.2, -0.15) is 5.10 Å². The number of hydrogen-bond donors (Lipinski definition) is 0. The van der Waals surface area contributed by atoms with Crippen molar-refractivity contribution in [1.82, 2.24) is 14.7 Å². The summed E-state index contributed by atoms with van der Waals surface area (Å²) in [7, 11) is 0. The molecule has 6 rings (SSSR count). The van der Waals surface area contributed by atoms with Crippen molar-refractivity contribution in [1.29, 1.82) is 0 Å². The highest BCUT2D eigenvalue weighted by Crippen LogP contribution is 2.36. The van der Waals surface area contributed by atoms with Crippen LogP contribution in [-0.4, -0.2) is 24.9 Å². The molecule has 2 heterocycles. The van der Waals surface area contributed by atoms with E-state index in [4.69, 9.17) is 22.1 Å². The number of nitrogens with zero attached hydrogens (tertiary/aromatic N) is 3. The number of carbonyl (C=O) groups is 1. The molecule has 4 aromatic carbocycles. The summed E-state index contributed by atoms with van der Waals surface area (Å²) >= 11 is 6.86. The summed E-state index contributed by atoms with van der Waals surface area (Å²) in [6.07, 6.45) is 3.77. The maximum atomic E-state index is 14.0. The number of para-hydroxylation sites is 1. The predicted octanol–water partition coefficient (Wildman–Crippen LogP) is 7.66. The van der Waals surface area contributed by atoms with Gasteiger partial charge in [0.15, 0.2) is 0 Å². The molecule has 1 aromatic heterocycles. The van der Waals surface area contributed by atoms with Gasteiger partial charge >= 0.3 is 0 Å². The molecule has 1 aliphatic rings. The van der Waals surface area contributed by atoms with Crippen molar-refractivity contribution in [3.8, 4) is 22.7 Å². The number of thiocarbonyl (C=S) groups is 1. The van der Waals surface area contributed by atoms with Gasteiger partial charge in [0.1, 0.15) is 22.5 Å². The molecule has 0 unspecified atom stereocenters. The number of hydrogen-bond acceptors (Lipinski definition) is 5. The van der Waals surface area contributed by atoms with E-state index in [0.717, 1.165) is 22.4 Å². The van der Waals surface area contributed by atoms with E-state index >= 15 is 0 Å². The van der Waals surface area contributed by atoms with Gasteiger partial charge in [-0.25, -0.2) is 9.07 Å². The van der Waals surface area contributed by atoms with Crippen LogP contribution in [0.15, 0.2) is 120 Å². The van der Waals surface area contributed by atoms with Crippen LogP contribution in [0.3, 0.4) is 0 Å². The summed E-state index contributed by atoms with van der Waals surface area (Å²) in [5.41, 5.74) is 4.75. The predicted molar refractivity (Wildman–Crippen MR) is 165 cm³/mol. The SMILES string of the molecule is O=C1/C(=C/c2cn(-c3ccccc3)nc2-c2ccc(OCc3ccccc3F)cc2)SC(=S)N1Cc1ccccc1. The van der Waals surface area contributed by atoms with Crippen molar-refractivity contribution in [2.75, 3.05) is 0 Å². The van der Waals surface area contributed by atoms with Crippen LogP contribution in [0.4, 0.5) is 4.39 Å². The fourth-order valence-electron chi connectivity index (χ4n) is 4.46. The number of benzene rings is 4. The first kappa shape index (κ1) is 26.7. The molecule has 1 aliphatic heterocycles. The zero-order valence-corrected chi connectivity index (χ0v) is 23.4. The summed E-state index contributed by atoms with van der Waals surface area (Å²) in [5.74, 6) is 0.191. The zero-order chi connectivity index (χ0) is 28.2. The van der Waals surface area contributed by atoms with E-state index in [1.165, 1.54) is 17.8 Å². The summed E-state index contributed by atoms with van der Waals surface area (Å²) < 4.78 is 22.1. The number of rotatable bonds is 8. The maximum absolute atomic E-state index is 14.0. The molecule has 1 saturated heterocycles. The molecule has 8 heteroatoms. The lowest BCUT2D eigenvalue weighted by Crippen LogP contribution is -2.27. The third-order valence-electron chi connectivity index (χ3n) is 6.59. The quantitative estimate of drug-likeness (QED) is 0.140. The fraction of sp³-hybridized carbons (Fsp3) is 0.0606. The first-order valence-electron chi connectivity index (χ1n) is 13.0. The summed E-state index contributed by atoms with van der Waals surface area (Å²) in [6.45, 7) is 0.554. The molecule has 1 fully saturated rings. The van der Waals surface area contributed by atoms with Crippen molar-refractivity contribution in [3.63, 3.8) is 0 Å². The minimum Gasteiger partial charge on any atom is -0.489 e. The van der Waals surface area contributed by atoms with Crippen LogP contribution in [0.5, 0.6) is 5.75 Å². The molecule has 0 saturated carbocycles. The molecule has 0 bridgehead atoms. The van der Waals surface area contributed by atoms with Crippen LogP contribution in [-0.2, 0) is 17.9 Å². The van der Waals surface area contributed by atoms with Gasteiger partial charge in [0.25, 0.3) is 5.91 Å². The monoisotopic (exact) mass is 577 g/mol. The number of ether oxygens (including phenoxy) is 1. The van der Waals surface area contributed by atoms with Crippen LogP contribution < -0.4 is 4.74 Å². The van der Waals surface area contributed by atoms with E-state index < -0.39 is 0 Å². The van der Waals surface area contributed by atoms with Gasteiger partial charge in [-0.15, -0.1) is 0 Å². The van der Waals surface area contributed by atoms with Crippen LogP contribution in [0.25, 0.3) is 23.0 Å². The smallest absolute Gasteiger partial charge is 0.266 e. The molecular formula is C33H24FN3O2S2. The third-order valence-corrected chi connectivity index (χ3v) is 7.96. The highest BCUT2D eigenvalue weighted by atomic mass is 32.2. The Balaban J connectivity index is 1.29. The molecule has 5 nitrogen and oxygen atoms in total. The number of aromatic nitrogens is 2. The van der Waals surface area contributed by atoms with Crippen molar-refractivity contribution < 1.29 is 13.9 Å². The van der Waals surface area contributed by atoms with Crippen molar-refractivity contribution in [2.45, 2.75) is 13.2 Å².